The highest BCUT2D eigenvalue weighted by Crippen LogP contribution is 2.26. The van der Waals surface area contributed by atoms with E-state index in [1.165, 1.54) is 24.3 Å². The number of carbonyl (C=O) groups is 4. The van der Waals surface area contributed by atoms with Crippen molar-refractivity contribution in [3.8, 4) is 0 Å². The third-order valence-electron chi connectivity index (χ3n) is 4.66. The van der Waals surface area contributed by atoms with Crippen molar-refractivity contribution in [3.63, 3.8) is 0 Å². The van der Waals surface area contributed by atoms with Crippen LogP contribution in [0.1, 0.15) is 40.0 Å². The van der Waals surface area contributed by atoms with E-state index < -0.39 is 35.4 Å². The Morgan fingerprint density at radius 3 is 2.20 bits per heavy atom. The van der Waals surface area contributed by atoms with Crippen molar-refractivity contribution in [2.45, 2.75) is 25.3 Å². The number of Topliss-reactive ketones (excluding diaryl/α,β-unsaturated/α-hetero) is 1. The van der Waals surface area contributed by atoms with Gasteiger partial charge in [0.2, 0.25) is 11.8 Å². The Hall–Kier alpha value is -2.77. The Kier molecular flexibility index (Phi) is 6.84. The predicted molar refractivity (Wildman–Crippen MR) is 109 cm³/mol. The molecule has 0 aliphatic carbocycles. The number of hydrogen-bond donors (Lipinski definition) is 0. The summed E-state index contributed by atoms with van der Waals surface area (Å²) in [7, 11) is 0. The number of ketones is 1. The molecular formula is C21H17Cl2FN2O4. The normalized spacial score (nSPS) is 14.7. The second-order valence-electron chi connectivity index (χ2n) is 6.59. The largest absolute Gasteiger partial charge is 0.292 e. The molecule has 1 saturated heterocycles. The van der Waals surface area contributed by atoms with Gasteiger partial charge in [-0.05, 0) is 42.8 Å². The molecule has 1 atom stereocenters. The number of hydrazine groups is 1. The average molecular weight is 451 g/mol. The van der Waals surface area contributed by atoms with E-state index in [1.807, 2.05) is 0 Å². The van der Waals surface area contributed by atoms with Crippen LogP contribution in [0.25, 0.3) is 0 Å². The van der Waals surface area contributed by atoms with Crippen molar-refractivity contribution in [2.24, 2.45) is 0 Å². The molecule has 0 N–H and O–H groups in total. The molecule has 156 valence electrons. The molecule has 3 amide bonds. The maximum Gasteiger partial charge on any atom is 0.275 e. The van der Waals surface area contributed by atoms with Crippen LogP contribution in [0.2, 0.25) is 5.02 Å². The summed E-state index contributed by atoms with van der Waals surface area (Å²) in [5, 5.41) is 1.64. The van der Waals surface area contributed by atoms with E-state index in [-0.39, 0.29) is 41.3 Å². The van der Waals surface area contributed by atoms with E-state index in [0.717, 1.165) is 17.1 Å². The molecule has 30 heavy (non-hydrogen) atoms. The highest BCUT2D eigenvalue weighted by Gasteiger charge is 2.43. The number of amides is 3. The molecule has 0 radical (unpaired) electrons. The Bertz CT molecular complexity index is 981. The smallest absolute Gasteiger partial charge is 0.275 e. The van der Waals surface area contributed by atoms with Gasteiger partial charge in [0.25, 0.3) is 5.91 Å². The lowest BCUT2D eigenvalue weighted by molar-refractivity contribution is -0.154. The molecule has 9 heteroatoms. The van der Waals surface area contributed by atoms with Crippen LogP contribution in [0.5, 0.6) is 0 Å². The van der Waals surface area contributed by atoms with Crippen LogP contribution < -0.4 is 0 Å². The van der Waals surface area contributed by atoms with Crippen LogP contribution in [0.3, 0.4) is 0 Å². The second-order valence-corrected chi connectivity index (χ2v) is 7.38. The molecule has 3 rings (SSSR count). The average Bonchev–Trinajstić information content (AvgIpc) is 3.06. The lowest BCUT2D eigenvalue weighted by Crippen LogP contribution is -2.57. The van der Waals surface area contributed by atoms with E-state index in [2.05, 4.69) is 0 Å². The first-order valence-corrected chi connectivity index (χ1v) is 10.1. The van der Waals surface area contributed by atoms with Gasteiger partial charge in [-0.25, -0.2) is 9.40 Å². The summed E-state index contributed by atoms with van der Waals surface area (Å²) in [6.07, 6.45) is -0.196. The standard InChI is InChI=1S/C21H17Cl2FN2O4/c22-12-11-17(20(29)13-5-7-14(24)8-6-13)25(26-18(27)9-10-19(26)28)21(30)15-3-1-2-4-16(15)23/h1-8,17H,9-12H2. The number of carbonyl (C=O) groups excluding carboxylic acids is 4. The van der Waals surface area contributed by atoms with Crippen molar-refractivity contribution in [1.29, 1.82) is 0 Å². The van der Waals surface area contributed by atoms with Crippen LogP contribution >= 0.6 is 23.2 Å². The van der Waals surface area contributed by atoms with Gasteiger partial charge in [-0.3, -0.25) is 19.2 Å². The molecule has 1 unspecified atom stereocenters. The fourth-order valence-corrected chi connectivity index (χ4v) is 3.63. The topological polar surface area (TPSA) is 74.8 Å². The monoisotopic (exact) mass is 450 g/mol. The molecule has 1 heterocycles. The number of halogens is 3. The van der Waals surface area contributed by atoms with Gasteiger partial charge in [-0.2, -0.15) is 5.01 Å². The highest BCUT2D eigenvalue weighted by atomic mass is 35.5. The molecule has 6 nitrogen and oxygen atoms in total. The number of rotatable bonds is 7. The zero-order valence-electron chi connectivity index (χ0n) is 15.7. The first-order valence-electron chi connectivity index (χ1n) is 9.14. The zero-order chi connectivity index (χ0) is 21.8. The van der Waals surface area contributed by atoms with Crippen LogP contribution in [0.15, 0.2) is 48.5 Å². The summed E-state index contributed by atoms with van der Waals surface area (Å²) >= 11 is 12.0. The SMILES string of the molecule is O=C(c1ccc(F)cc1)C(CCCl)N(C(=O)c1ccccc1Cl)N1C(=O)CCC1=O. The van der Waals surface area contributed by atoms with Crippen molar-refractivity contribution < 1.29 is 23.6 Å². The quantitative estimate of drug-likeness (QED) is 0.364. The van der Waals surface area contributed by atoms with Crippen molar-refractivity contribution in [3.05, 3.63) is 70.5 Å². The number of hydrogen-bond acceptors (Lipinski definition) is 4. The molecule has 1 aliphatic heterocycles. The molecule has 0 aromatic heterocycles. The van der Waals surface area contributed by atoms with Crippen LogP contribution in [-0.2, 0) is 9.59 Å². The predicted octanol–water partition coefficient (Wildman–Crippen LogP) is 3.87. The van der Waals surface area contributed by atoms with Crippen molar-refractivity contribution >= 4 is 46.7 Å². The summed E-state index contributed by atoms with van der Waals surface area (Å²) < 4.78 is 13.3. The van der Waals surface area contributed by atoms with Crippen molar-refractivity contribution in [1.82, 2.24) is 10.0 Å². The van der Waals surface area contributed by atoms with Gasteiger partial charge < -0.3 is 0 Å². The third kappa shape index (κ3) is 4.37. The summed E-state index contributed by atoms with van der Waals surface area (Å²) in [4.78, 5) is 51.5. The van der Waals surface area contributed by atoms with Crippen LogP contribution in [-0.4, -0.2) is 45.4 Å². The van der Waals surface area contributed by atoms with Gasteiger partial charge in [-0.15, -0.1) is 11.6 Å². The number of nitrogens with zero attached hydrogens (tertiary/aromatic N) is 2. The van der Waals surface area contributed by atoms with E-state index >= 15 is 0 Å². The first-order chi connectivity index (χ1) is 14.3. The highest BCUT2D eigenvalue weighted by molar-refractivity contribution is 6.34. The summed E-state index contributed by atoms with van der Waals surface area (Å²) in [6.45, 7) is 0. The van der Waals surface area contributed by atoms with Gasteiger partial charge in [0.1, 0.15) is 11.9 Å². The molecule has 2 aromatic carbocycles. The van der Waals surface area contributed by atoms with E-state index in [0.29, 0.717) is 5.01 Å². The van der Waals surface area contributed by atoms with Gasteiger partial charge >= 0.3 is 0 Å². The lowest BCUT2D eigenvalue weighted by atomic mass is 10.0. The maximum atomic E-state index is 13.4. The van der Waals surface area contributed by atoms with Crippen LogP contribution in [0, 0.1) is 5.82 Å². The maximum absolute atomic E-state index is 13.4. The molecule has 0 bridgehead atoms. The van der Waals surface area contributed by atoms with Gasteiger partial charge in [-0.1, -0.05) is 23.7 Å². The minimum atomic E-state index is -1.26. The third-order valence-corrected chi connectivity index (χ3v) is 5.21. The summed E-state index contributed by atoms with van der Waals surface area (Å²) in [6, 6.07) is 9.60. The number of benzene rings is 2. The fourth-order valence-electron chi connectivity index (χ4n) is 3.21. The second kappa shape index (κ2) is 9.36. The van der Waals surface area contributed by atoms with Gasteiger partial charge in [0.05, 0.1) is 10.6 Å². The summed E-state index contributed by atoms with van der Waals surface area (Å²) in [5.74, 6) is -3.13. The van der Waals surface area contributed by atoms with Gasteiger partial charge in [0, 0.05) is 24.3 Å². The van der Waals surface area contributed by atoms with E-state index in [9.17, 15) is 23.6 Å². The van der Waals surface area contributed by atoms with E-state index in [4.69, 9.17) is 23.2 Å². The molecule has 0 spiro atoms. The Morgan fingerprint density at radius 1 is 1.03 bits per heavy atom. The Balaban J connectivity index is 2.10. The minimum absolute atomic E-state index is 0.0261. The fraction of sp³-hybridized carbons (Fsp3) is 0.238. The summed E-state index contributed by atoms with van der Waals surface area (Å²) in [5.41, 5.74) is 0.140. The Morgan fingerprint density at radius 2 is 1.63 bits per heavy atom. The molecule has 0 saturated carbocycles. The molecule has 2 aromatic rings. The Labute approximate surface area is 182 Å². The van der Waals surface area contributed by atoms with Crippen LogP contribution in [0.4, 0.5) is 4.39 Å². The number of imide groups is 1. The lowest BCUT2D eigenvalue weighted by Gasteiger charge is -2.36. The molecule has 1 fully saturated rings. The molecule has 1 aliphatic rings. The minimum Gasteiger partial charge on any atom is -0.292 e. The zero-order valence-corrected chi connectivity index (χ0v) is 17.2. The van der Waals surface area contributed by atoms with Gasteiger partial charge in [0.15, 0.2) is 5.78 Å². The molecular weight excluding hydrogens is 434 g/mol. The number of alkyl halides is 1. The van der Waals surface area contributed by atoms with E-state index in [1.54, 1.807) is 12.1 Å². The first kappa shape index (κ1) is 21.9. The van der Waals surface area contributed by atoms with Crippen molar-refractivity contribution in [2.75, 3.05) is 5.88 Å².